The molecule has 0 bridgehead atoms. The molecule has 82 valence electrons. The summed E-state index contributed by atoms with van der Waals surface area (Å²) in [5.74, 6) is 1.01. The summed E-state index contributed by atoms with van der Waals surface area (Å²) >= 11 is 3.59. The predicted octanol–water partition coefficient (Wildman–Crippen LogP) is 3.12. The molecule has 1 heterocycles. The van der Waals surface area contributed by atoms with Crippen molar-refractivity contribution in [2.75, 3.05) is 12.3 Å². The zero-order valence-electron chi connectivity index (χ0n) is 8.90. The Morgan fingerprint density at radius 3 is 3.13 bits per heavy atom. The summed E-state index contributed by atoms with van der Waals surface area (Å²) in [5, 5.41) is 14.2. The van der Waals surface area contributed by atoms with Crippen LogP contribution >= 0.6 is 23.1 Å². The van der Waals surface area contributed by atoms with Crippen molar-refractivity contribution in [3.05, 3.63) is 17.5 Å². The third-order valence-electron chi connectivity index (χ3n) is 1.94. The Kier molecular flexibility index (Phi) is 6.49. The van der Waals surface area contributed by atoms with Crippen molar-refractivity contribution in [3.8, 4) is 6.07 Å². The van der Waals surface area contributed by atoms with Crippen LogP contribution in [0.3, 0.4) is 0 Å². The monoisotopic (exact) mass is 240 g/mol. The predicted molar refractivity (Wildman–Crippen MR) is 67.4 cm³/mol. The average molecular weight is 240 g/mol. The first kappa shape index (κ1) is 12.6. The molecule has 0 saturated carbocycles. The van der Waals surface area contributed by atoms with Gasteiger partial charge in [-0.15, -0.1) is 23.1 Å². The molecule has 1 rings (SSSR count). The Bertz CT molecular complexity index is 290. The maximum Gasteiger partial charge on any atom is 0.0961 e. The molecule has 15 heavy (non-hydrogen) atoms. The van der Waals surface area contributed by atoms with Gasteiger partial charge in [0.1, 0.15) is 0 Å². The van der Waals surface area contributed by atoms with E-state index in [4.69, 9.17) is 5.26 Å². The van der Waals surface area contributed by atoms with Crippen LogP contribution in [0.15, 0.2) is 21.7 Å². The molecule has 0 spiro atoms. The summed E-state index contributed by atoms with van der Waals surface area (Å²) in [7, 11) is 0. The second-order valence-corrected chi connectivity index (χ2v) is 5.55. The Hall–Kier alpha value is -0.500. The van der Waals surface area contributed by atoms with Gasteiger partial charge in [-0.25, -0.2) is 0 Å². The largest absolute Gasteiger partial charge is 0.302 e. The van der Waals surface area contributed by atoms with E-state index in [2.05, 4.69) is 35.8 Å². The van der Waals surface area contributed by atoms with Crippen molar-refractivity contribution < 1.29 is 0 Å². The molecule has 0 aliphatic rings. The summed E-state index contributed by atoms with van der Waals surface area (Å²) < 4.78 is 1.34. The molecule has 0 saturated heterocycles. The number of thioether (sulfide) groups is 1. The van der Waals surface area contributed by atoms with E-state index in [9.17, 15) is 0 Å². The molecule has 1 atom stereocenters. The van der Waals surface area contributed by atoms with E-state index in [1.165, 1.54) is 4.21 Å². The van der Waals surface area contributed by atoms with E-state index in [-0.39, 0.29) is 6.04 Å². The van der Waals surface area contributed by atoms with E-state index in [0.29, 0.717) is 0 Å². The fraction of sp³-hybridized carbons (Fsp3) is 0.545. The lowest BCUT2D eigenvalue weighted by Gasteiger charge is -2.09. The summed E-state index contributed by atoms with van der Waals surface area (Å²) in [6.45, 7) is 3.05. The number of hydrogen-bond donors (Lipinski definition) is 1. The third-order valence-corrected chi connectivity index (χ3v) is 4.11. The highest BCUT2D eigenvalue weighted by Gasteiger charge is 2.05. The Morgan fingerprint density at radius 1 is 1.67 bits per heavy atom. The number of nitrogens with one attached hydrogen (secondary N) is 1. The molecule has 0 aliphatic carbocycles. The lowest BCUT2D eigenvalue weighted by atomic mass is 10.2. The van der Waals surface area contributed by atoms with Gasteiger partial charge in [0.15, 0.2) is 0 Å². The summed E-state index contributed by atoms with van der Waals surface area (Å²) in [4.78, 5) is 0. The molecule has 1 N–H and O–H groups in total. The normalized spacial score (nSPS) is 12.3. The molecule has 1 unspecified atom stereocenters. The summed E-state index contributed by atoms with van der Waals surface area (Å²) in [5.41, 5.74) is 0. The molecule has 0 aromatic carbocycles. The van der Waals surface area contributed by atoms with Crippen LogP contribution in [-0.2, 0) is 0 Å². The minimum absolute atomic E-state index is 0.0115. The van der Waals surface area contributed by atoms with Crippen molar-refractivity contribution in [2.45, 2.75) is 30.0 Å². The highest BCUT2D eigenvalue weighted by molar-refractivity contribution is 8.01. The number of thiophene rings is 1. The van der Waals surface area contributed by atoms with E-state index in [1.807, 2.05) is 11.8 Å². The van der Waals surface area contributed by atoms with Crippen LogP contribution in [0.25, 0.3) is 0 Å². The first-order valence-corrected chi connectivity index (χ1v) is 7.02. The highest BCUT2D eigenvalue weighted by atomic mass is 32.2. The minimum Gasteiger partial charge on any atom is -0.302 e. The van der Waals surface area contributed by atoms with Crippen LogP contribution < -0.4 is 5.32 Å². The molecule has 4 heteroatoms. The first-order valence-electron chi connectivity index (χ1n) is 5.16. The van der Waals surface area contributed by atoms with E-state index < -0.39 is 0 Å². The van der Waals surface area contributed by atoms with E-state index >= 15 is 0 Å². The van der Waals surface area contributed by atoms with E-state index in [1.54, 1.807) is 11.3 Å². The number of rotatable bonds is 7. The van der Waals surface area contributed by atoms with Crippen LogP contribution in [0.2, 0.25) is 0 Å². The highest BCUT2D eigenvalue weighted by Crippen LogP contribution is 2.24. The number of nitrogens with zero attached hydrogens (tertiary/aromatic N) is 1. The van der Waals surface area contributed by atoms with Gasteiger partial charge in [-0.3, -0.25) is 0 Å². The quantitative estimate of drug-likeness (QED) is 0.744. The van der Waals surface area contributed by atoms with Crippen LogP contribution in [0.1, 0.15) is 19.8 Å². The maximum atomic E-state index is 8.89. The molecule has 0 aliphatic heterocycles. The van der Waals surface area contributed by atoms with Gasteiger partial charge in [-0.05, 0) is 30.8 Å². The van der Waals surface area contributed by atoms with Crippen LogP contribution in [0, 0.1) is 11.3 Å². The van der Waals surface area contributed by atoms with E-state index in [0.717, 1.165) is 25.1 Å². The zero-order chi connectivity index (χ0) is 10.9. The van der Waals surface area contributed by atoms with Gasteiger partial charge in [0, 0.05) is 5.75 Å². The third kappa shape index (κ3) is 5.22. The van der Waals surface area contributed by atoms with Crippen LogP contribution in [-0.4, -0.2) is 18.3 Å². The fourth-order valence-electron chi connectivity index (χ4n) is 1.15. The molecule has 0 amide bonds. The molecule has 0 radical (unpaired) electrons. The standard InChI is InChI=1S/C11H16N2S2/c1-2-6-13-10(9-12)5-8-15-11-4-3-7-14-11/h3-4,7,10,13H,2,5-6,8H2,1H3. The average Bonchev–Trinajstić information content (AvgIpc) is 2.76. The van der Waals surface area contributed by atoms with Gasteiger partial charge in [0.2, 0.25) is 0 Å². The topological polar surface area (TPSA) is 35.8 Å². The second kappa shape index (κ2) is 7.75. The minimum atomic E-state index is 0.0115. The van der Waals surface area contributed by atoms with Gasteiger partial charge in [0.25, 0.3) is 0 Å². The smallest absolute Gasteiger partial charge is 0.0961 e. The lowest BCUT2D eigenvalue weighted by molar-refractivity contribution is 0.586. The van der Waals surface area contributed by atoms with Crippen molar-refractivity contribution in [2.24, 2.45) is 0 Å². The lowest BCUT2D eigenvalue weighted by Crippen LogP contribution is -2.28. The molecule has 1 aromatic heterocycles. The summed E-state index contributed by atoms with van der Waals surface area (Å²) in [6.07, 6.45) is 2.00. The van der Waals surface area contributed by atoms with Gasteiger partial charge in [-0.1, -0.05) is 13.0 Å². The summed E-state index contributed by atoms with van der Waals surface area (Å²) in [6, 6.07) is 6.49. The van der Waals surface area contributed by atoms with Crippen molar-refractivity contribution >= 4 is 23.1 Å². The van der Waals surface area contributed by atoms with Crippen molar-refractivity contribution in [1.29, 1.82) is 5.26 Å². The molecular weight excluding hydrogens is 224 g/mol. The number of nitriles is 1. The Morgan fingerprint density at radius 2 is 2.53 bits per heavy atom. The number of hydrogen-bond acceptors (Lipinski definition) is 4. The molecule has 0 fully saturated rings. The molecule has 1 aromatic rings. The van der Waals surface area contributed by atoms with Crippen molar-refractivity contribution in [1.82, 2.24) is 5.32 Å². The molecule has 2 nitrogen and oxygen atoms in total. The second-order valence-electron chi connectivity index (χ2n) is 3.21. The van der Waals surface area contributed by atoms with Gasteiger partial charge in [0.05, 0.1) is 16.3 Å². The molecular formula is C11H16N2S2. The SMILES string of the molecule is CCCNC(C#N)CCSc1cccs1. The first-order chi connectivity index (χ1) is 7.36. The van der Waals surface area contributed by atoms with Crippen molar-refractivity contribution in [3.63, 3.8) is 0 Å². The van der Waals surface area contributed by atoms with Gasteiger partial charge in [-0.2, -0.15) is 5.26 Å². The van der Waals surface area contributed by atoms with Crippen LogP contribution in [0.4, 0.5) is 0 Å². The van der Waals surface area contributed by atoms with Gasteiger partial charge < -0.3 is 5.32 Å². The Labute approximate surface area is 99.7 Å². The Balaban J connectivity index is 2.15. The van der Waals surface area contributed by atoms with Gasteiger partial charge >= 0.3 is 0 Å². The van der Waals surface area contributed by atoms with Crippen LogP contribution in [0.5, 0.6) is 0 Å². The zero-order valence-corrected chi connectivity index (χ0v) is 10.5. The maximum absolute atomic E-state index is 8.89. The fourth-order valence-corrected chi connectivity index (χ4v) is 3.02.